The van der Waals surface area contributed by atoms with E-state index in [-0.39, 0.29) is 10.8 Å². The molecule has 1 atom stereocenters. The molecule has 126 valence electrons. The molecule has 0 aromatic heterocycles. The molecule has 1 amide bonds. The second-order valence-corrected chi connectivity index (χ2v) is 7.92. The maximum atomic E-state index is 12.9. The number of carbonyl (C=O) groups excluding carboxylic acids is 1. The van der Waals surface area contributed by atoms with Crippen molar-refractivity contribution in [3.8, 4) is 0 Å². The van der Waals surface area contributed by atoms with Gasteiger partial charge in [-0.3, -0.25) is 4.79 Å². The summed E-state index contributed by atoms with van der Waals surface area (Å²) in [5.74, 6) is -0.0958. The van der Waals surface area contributed by atoms with E-state index in [4.69, 9.17) is 4.74 Å². The molecule has 0 radical (unpaired) electrons. The smallest absolute Gasteiger partial charge is 0.243 e. The monoisotopic (exact) mass is 338 g/mol. The summed E-state index contributed by atoms with van der Waals surface area (Å²) in [6.07, 6.45) is 1.30. The molecule has 23 heavy (non-hydrogen) atoms. The summed E-state index contributed by atoms with van der Waals surface area (Å²) in [4.78, 5) is 14.7. The van der Waals surface area contributed by atoms with Gasteiger partial charge < -0.3 is 9.64 Å². The lowest BCUT2D eigenvalue weighted by molar-refractivity contribution is -0.138. The average molecular weight is 338 g/mol. The Hall–Kier alpha value is -1.44. The number of hydrogen-bond donors (Lipinski definition) is 0. The predicted molar refractivity (Wildman–Crippen MR) is 85.5 cm³/mol. The highest BCUT2D eigenvalue weighted by Crippen LogP contribution is 2.27. The molecule has 0 saturated carbocycles. The van der Waals surface area contributed by atoms with Crippen LogP contribution < -0.4 is 0 Å². The van der Waals surface area contributed by atoms with E-state index in [9.17, 15) is 13.2 Å². The fraction of sp³-hybridized carbons (Fsp3) is 0.562. The van der Waals surface area contributed by atoms with Gasteiger partial charge in [-0.05, 0) is 31.9 Å². The van der Waals surface area contributed by atoms with Crippen molar-refractivity contribution in [2.75, 3.05) is 32.8 Å². The van der Waals surface area contributed by atoms with Gasteiger partial charge in [0.15, 0.2) is 0 Å². The van der Waals surface area contributed by atoms with E-state index in [1.54, 1.807) is 29.2 Å². The van der Waals surface area contributed by atoms with Gasteiger partial charge in [-0.15, -0.1) is 0 Å². The number of nitrogens with zero attached hydrogens (tertiary/aromatic N) is 2. The summed E-state index contributed by atoms with van der Waals surface area (Å²) in [7, 11) is -3.63. The highest BCUT2D eigenvalue weighted by molar-refractivity contribution is 7.89. The first-order valence-corrected chi connectivity index (χ1v) is 9.39. The zero-order valence-electron chi connectivity index (χ0n) is 13.3. The molecule has 0 aliphatic carbocycles. The molecule has 7 heteroatoms. The lowest BCUT2D eigenvalue weighted by Gasteiger charge is -2.32. The van der Waals surface area contributed by atoms with Gasteiger partial charge in [-0.1, -0.05) is 17.7 Å². The van der Waals surface area contributed by atoms with Gasteiger partial charge in [0, 0.05) is 19.6 Å². The zero-order valence-corrected chi connectivity index (χ0v) is 14.1. The van der Waals surface area contributed by atoms with Crippen molar-refractivity contribution in [3.05, 3.63) is 29.8 Å². The summed E-state index contributed by atoms with van der Waals surface area (Å²) in [6.45, 7) is 4.42. The summed E-state index contributed by atoms with van der Waals surface area (Å²) in [5, 5.41) is 0. The number of amides is 1. The van der Waals surface area contributed by atoms with Crippen molar-refractivity contribution < 1.29 is 17.9 Å². The highest BCUT2D eigenvalue weighted by Gasteiger charge is 2.41. The number of sulfonamides is 1. The third kappa shape index (κ3) is 3.27. The van der Waals surface area contributed by atoms with Crippen LogP contribution in [0.5, 0.6) is 0 Å². The van der Waals surface area contributed by atoms with Gasteiger partial charge in [0.05, 0.1) is 18.1 Å². The summed E-state index contributed by atoms with van der Waals surface area (Å²) < 4.78 is 32.4. The third-order valence-electron chi connectivity index (χ3n) is 4.44. The van der Waals surface area contributed by atoms with E-state index in [0.717, 1.165) is 5.56 Å². The molecule has 0 spiro atoms. The Morgan fingerprint density at radius 3 is 2.43 bits per heavy atom. The van der Waals surface area contributed by atoms with Crippen molar-refractivity contribution in [2.24, 2.45) is 0 Å². The van der Waals surface area contributed by atoms with Crippen LogP contribution in [0.15, 0.2) is 29.2 Å². The van der Waals surface area contributed by atoms with E-state index in [0.29, 0.717) is 45.7 Å². The van der Waals surface area contributed by atoms with E-state index >= 15 is 0 Å². The lowest BCUT2D eigenvalue weighted by atomic mass is 10.2. The van der Waals surface area contributed by atoms with Crippen molar-refractivity contribution >= 4 is 15.9 Å². The van der Waals surface area contributed by atoms with Gasteiger partial charge in [-0.25, -0.2) is 8.42 Å². The Morgan fingerprint density at radius 1 is 1.13 bits per heavy atom. The third-order valence-corrected chi connectivity index (χ3v) is 6.36. The first kappa shape index (κ1) is 16.4. The number of aryl methyl sites for hydroxylation is 1. The molecule has 0 bridgehead atoms. The van der Waals surface area contributed by atoms with Crippen molar-refractivity contribution in [3.63, 3.8) is 0 Å². The molecule has 6 nitrogen and oxygen atoms in total. The Labute approximate surface area is 137 Å². The molecule has 1 unspecified atom stereocenters. The van der Waals surface area contributed by atoms with E-state index in [2.05, 4.69) is 0 Å². The van der Waals surface area contributed by atoms with Crippen LogP contribution in [0.2, 0.25) is 0 Å². The molecule has 3 rings (SSSR count). The maximum Gasteiger partial charge on any atom is 0.243 e. The first-order valence-electron chi connectivity index (χ1n) is 7.95. The molecular formula is C16H22N2O4S. The number of benzene rings is 1. The standard InChI is InChI=1S/C16H22N2O4S/c1-13-4-6-14(7-5-13)23(20,21)18-8-2-3-15(18)16(19)17-9-11-22-12-10-17/h4-7,15H,2-3,8-12H2,1H3. The Morgan fingerprint density at radius 2 is 1.78 bits per heavy atom. The van der Waals surface area contributed by atoms with Crippen LogP contribution in [0, 0.1) is 6.92 Å². The van der Waals surface area contributed by atoms with Crippen LogP contribution >= 0.6 is 0 Å². The van der Waals surface area contributed by atoms with Gasteiger partial charge in [0.2, 0.25) is 15.9 Å². The number of morpholine rings is 1. The van der Waals surface area contributed by atoms with Gasteiger partial charge in [0.1, 0.15) is 6.04 Å². The van der Waals surface area contributed by atoms with Crippen LogP contribution in [0.3, 0.4) is 0 Å². The minimum Gasteiger partial charge on any atom is -0.378 e. The van der Waals surface area contributed by atoms with Gasteiger partial charge >= 0.3 is 0 Å². The number of ether oxygens (including phenoxy) is 1. The summed E-state index contributed by atoms with van der Waals surface area (Å²) in [5.41, 5.74) is 1.01. The molecule has 2 fully saturated rings. The van der Waals surface area contributed by atoms with E-state index < -0.39 is 16.1 Å². The predicted octanol–water partition coefficient (Wildman–Crippen LogP) is 1.01. The van der Waals surface area contributed by atoms with Gasteiger partial charge in [-0.2, -0.15) is 4.31 Å². The second-order valence-electron chi connectivity index (χ2n) is 6.02. The van der Waals surface area contributed by atoms with Crippen LogP contribution in [0.4, 0.5) is 0 Å². The molecule has 2 saturated heterocycles. The Balaban J connectivity index is 1.82. The summed E-state index contributed by atoms with van der Waals surface area (Å²) in [6, 6.07) is 6.20. The van der Waals surface area contributed by atoms with Crippen LogP contribution in [0.25, 0.3) is 0 Å². The van der Waals surface area contributed by atoms with E-state index in [1.165, 1.54) is 4.31 Å². The fourth-order valence-electron chi connectivity index (χ4n) is 3.11. The number of rotatable bonds is 3. The molecule has 2 heterocycles. The maximum absolute atomic E-state index is 12.9. The molecule has 2 aliphatic heterocycles. The summed E-state index contributed by atoms with van der Waals surface area (Å²) >= 11 is 0. The Kier molecular flexibility index (Phi) is 4.70. The lowest BCUT2D eigenvalue weighted by Crippen LogP contribution is -2.50. The Bertz CT molecular complexity index is 666. The fourth-order valence-corrected chi connectivity index (χ4v) is 4.77. The van der Waals surface area contributed by atoms with Crippen LogP contribution in [-0.2, 0) is 19.6 Å². The minimum atomic E-state index is -3.63. The number of carbonyl (C=O) groups is 1. The second kappa shape index (κ2) is 6.59. The quantitative estimate of drug-likeness (QED) is 0.825. The molecule has 2 aliphatic rings. The van der Waals surface area contributed by atoms with E-state index in [1.807, 2.05) is 6.92 Å². The molecular weight excluding hydrogens is 316 g/mol. The topological polar surface area (TPSA) is 66.9 Å². The normalized spacial score (nSPS) is 23.2. The molecule has 1 aromatic rings. The average Bonchev–Trinajstić information content (AvgIpc) is 3.06. The SMILES string of the molecule is Cc1ccc(S(=O)(=O)N2CCCC2C(=O)N2CCOCC2)cc1. The highest BCUT2D eigenvalue weighted by atomic mass is 32.2. The number of hydrogen-bond acceptors (Lipinski definition) is 4. The van der Waals surface area contributed by atoms with Crippen molar-refractivity contribution in [1.29, 1.82) is 0 Å². The molecule has 0 N–H and O–H groups in total. The largest absolute Gasteiger partial charge is 0.378 e. The molecule has 1 aromatic carbocycles. The van der Waals surface area contributed by atoms with Gasteiger partial charge in [0.25, 0.3) is 0 Å². The minimum absolute atomic E-state index is 0.0958. The first-order chi connectivity index (χ1) is 11.0. The van der Waals surface area contributed by atoms with Crippen LogP contribution in [0.1, 0.15) is 18.4 Å². The zero-order chi connectivity index (χ0) is 16.4. The van der Waals surface area contributed by atoms with Crippen LogP contribution in [-0.4, -0.2) is 62.4 Å². The van der Waals surface area contributed by atoms with Crippen molar-refractivity contribution in [2.45, 2.75) is 30.7 Å². The van der Waals surface area contributed by atoms with Crippen molar-refractivity contribution in [1.82, 2.24) is 9.21 Å².